The molecule has 1 aliphatic rings. The van der Waals surface area contributed by atoms with Crippen molar-refractivity contribution in [1.82, 2.24) is 5.32 Å². The Balaban J connectivity index is 2.10. The Morgan fingerprint density at radius 3 is 2.44 bits per heavy atom. The van der Waals surface area contributed by atoms with Crippen LogP contribution in [0.1, 0.15) is 38.5 Å². The maximum absolute atomic E-state index is 6.10. The minimum atomic E-state index is 0.0584. The molecule has 0 unspecified atom stereocenters. The van der Waals surface area contributed by atoms with E-state index in [2.05, 4.69) is 5.32 Å². The van der Waals surface area contributed by atoms with Crippen molar-refractivity contribution in [1.29, 1.82) is 0 Å². The van der Waals surface area contributed by atoms with E-state index in [0.717, 1.165) is 26.2 Å². The van der Waals surface area contributed by atoms with Gasteiger partial charge in [0.1, 0.15) is 0 Å². The molecular weight excluding hydrogens is 230 g/mol. The highest BCUT2D eigenvalue weighted by molar-refractivity contribution is 4.86. The smallest absolute Gasteiger partial charge is 0.0807 e. The van der Waals surface area contributed by atoms with Crippen molar-refractivity contribution in [2.45, 2.75) is 44.1 Å². The molecule has 0 amide bonds. The van der Waals surface area contributed by atoms with Gasteiger partial charge >= 0.3 is 0 Å². The van der Waals surface area contributed by atoms with Gasteiger partial charge in [-0.15, -0.1) is 0 Å². The van der Waals surface area contributed by atoms with Crippen molar-refractivity contribution in [3.05, 3.63) is 0 Å². The Bertz CT molecular complexity index is 188. The monoisotopic (exact) mass is 259 g/mol. The minimum absolute atomic E-state index is 0.0584. The zero-order chi connectivity index (χ0) is 13.1. The Hall–Kier alpha value is -0.160. The van der Waals surface area contributed by atoms with Gasteiger partial charge in [-0.25, -0.2) is 0 Å². The highest BCUT2D eigenvalue weighted by atomic mass is 16.5. The predicted molar refractivity (Wildman–Crippen MR) is 73.0 cm³/mol. The third-order valence-corrected chi connectivity index (χ3v) is 3.54. The van der Waals surface area contributed by atoms with Crippen molar-refractivity contribution >= 4 is 0 Å². The molecule has 1 fully saturated rings. The lowest BCUT2D eigenvalue weighted by Gasteiger charge is -2.37. The first kappa shape index (κ1) is 15.9. The average Bonchev–Trinajstić information content (AvgIpc) is 2.39. The van der Waals surface area contributed by atoms with Gasteiger partial charge in [0.15, 0.2) is 0 Å². The summed E-state index contributed by atoms with van der Waals surface area (Å²) in [6.45, 7) is 3.88. The van der Waals surface area contributed by atoms with E-state index in [9.17, 15) is 0 Å². The normalized spacial score (nSPS) is 19.0. The van der Waals surface area contributed by atoms with Gasteiger partial charge in [-0.1, -0.05) is 19.3 Å². The molecule has 1 aliphatic carbocycles. The van der Waals surface area contributed by atoms with Gasteiger partial charge in [0, 0.05) is 26.9 Å². The minimum Gasteiger partial charge on any atom is -0.385 e. The fraction of sp³-hybridized carbons (Fsp3) is 1.00. The van der Waals surface area contributed by atoms with Gasteiger partial charge in [-0.05, 0) is 26.3 Å². The lowest BCUT2D eigenvalue weighted by atomic mass is 9.84. The first-order chi connectivity index (χ1) is 8.83. The Kier molecular flexibility index (Phi) is 8.59. The second-order valence-electron chi connectivity index (χ2n) is 5.08. The largest absolute Gasteiger partial charge is 0.385 e. The lowest BCUT2D eigenvalue weighted by Crippen LogP contribution is -2.44. The predicted octanol–water partition coefficient (Wildman–Crippen LogP) is 1.98. The molecule has 0 aromatic rings. The number of rotatable bonds is 10. The maximum atomic E-state index is 6.10. The summed E-state index contributed by atoms with van der Waals surface area (Å²) in [7, 11) is 3.72. The van der Waals surface area contributed by atoms with Crippen molar-refractivity contribution in [3.8, 4) is 0 Å². The van der Waals surface area contributed by atoms with Crippen LogP contribution in [0, 0.1) is 0 Å². The van der Waals surface area contributed by atoms with Crippen molar-refractivity contribution in [2.75, 3.05) is 47.1 Å². The van der Waals surface area contributed by atoms with Gasteiger partial charge < -0.3 is 19.5 Å². The molecule has 108 valence electrons. The van der Waals surface area contributed by atoms with Crippen LogP contribution in [0.25, 0.3) is 0 Å². The summed E-state index contributed by atoms with van der Waals surface area (Å²) in [6, 6.07) is 0. The van der Waals surface area contributed by atoms with E-state index in [1.807, 2.05) is 7.05 Å². The van der Waals surface area contributed by atoms with E-state index in [1.165, 1.54) is 32.1 Å². The van der Waals surface area contributed by atoms with Crippen LogP contribution in [0.15, 0.2) is 0 Å². The number of hydrogen-bond donors (Lipinski definition) is 1. The summed E-state index contributed by atoms with van der Waals surface area (Å²) in [5, 5.41) is 3.26. The van der Waals surface area contributed by atoms with E-state index >= 15 is 0 Å². The van der Waals surface area contributed by atoms with Crippen molar-refractivity contribution in [3.63, 3.8) is 0 Å². The molecule has 0 heterocycles. The SMILES string of the molecule is CNCC1(OCCOCCCOC)CCCCC1. The topological polar surface area (TPSA) is 39.7 Å². The molecule has 0 aromatic heterocycles. The molecule has 0 atom stereocenters. The molecule has 18 heavy (non-hydrogen) atoms. The van der Waals surface area contributed by atoms with Gasteiger partial charge in [0.05, 0.1) is 18.8 Å². The van der Waals surface area contributed by atoms with Crippen LogP contribution in [0.5, 0.6) is 0 Å². The van der Waals surface area contributed by atoms with E-state index < -0.39 is 0 Å². The van der Waals surface area contributed by atoms with Crippen LogP contribution >= 0.6 is 0 Å². The average molecular weight is 259 g/mol. The Morgan fingerprint density at radius 2 is 1.78 bits per heavy atom. The Morgan fingerprint density at radius 1 is 1.00 bits per heavy atom. The molecule has 1 rings (SSSR count). The molecule has 0 aromatic carbocycles. The highest BCUT2D eigenvalue weighted by Crippen LogP contribution is 2.30. The molecule has 0 radical (unpaired) electrons. The number of ether oxygens (including phenoxy) is 3. The molecule has 0 bridgehead atoms. The van der Waals surface area contributed by atoms with Gasteiger partial charge in [0.2, 0.25) is 0 Å². The fourth-order valence-corrected chi connectivity index (χ4v) is 2.61. The zero-order valence-electron chi connectivity index (χ0n) is 12.0. The van der Waals surface area contributed by atoms with E-state index in [0.29, 0.717) is 13.2 Å². The number of likely N-dealkylation sites (N-methyl/N-ethyl adjacent to an activating group) is 1. The second-order valence-corrected chi connectivity index (χ2v) is 5.08. The standard InChI is InChI=1S/C14H29NO3/c1-15-13-14(7-4-3-5-8-14)18-12-11-17-10-6-9-16-2/h15H,3-13H2,1-2H3. The summed E-state index contributed by atoms with van der Waals surface area (Å²) in [5.74, 6) is 0. The highest BCUT2D eigenvalue weighted by Gasteiger charge is 2.31. The van der Waals surface area contributed by atoms with Gasteiger partial charge in [-0.2, -0.15) is 0 Å². The first-order valence-corrected chi connectivity index (χ1v) is 7.18. The third-order valence-electron chi connectivity index (χ3n) is 3.54. The summed E-state index contributed by atoms with van der Waals surface area (Å²) < 4.78 is 16.6. The summed E-state index contributed by atoms with van der Waals surface area (Å²) in [5.41, 5.74) is 0.0584. The second kappa shape index (κ2) is 9.73. The van der Waals surface area contributed by atoms with Crippen LogP contribution in [0.3, 0.4) is 0 Å². The van der Waals surface area contributed by atoms with E-state index in [1.54, 1.807) is 7.11 Å². The maximum Gasteiger partial charge on any atom is 0.0807 e. The number of nitrogens with one attached hydrogen (secondary N) is 1. The Labute approximate surface area is 111 Å². The van der Waals surface area contributed by atoms with Crippen LogP contribution in [-0.4, -0.2) is 52.7 Å². The molecule has 0 saturated heterocycles. The zero-order valence-corrected chi connectivity index (χ0v) is 12.0. The molecule has 0 aliphatic heterocycles. The van der Waals surface area contributed by atoms with Crippen LogP contribution < -0.4 is 5.32 Å². The summed E-state index contributed by atoms with van der Waals surface area (Å²) in [6.07, 6.45) is 7.24. The molecule has 1 saturated carbocycles. The van der Waals surface area contributed by atoms with E-state index in [-0.39, 0.29) is 5.60 Å². The third kappa shape index (κ3) is 6.14. The number of methoxy groups -OCH3 is 1. The molecule has 4 nitrogen and oxygen atoms in total. The van der Waals surface area contributed by atoms with Crippen LogP contribution in [-0.2, 0) is 14.2 Å². The first-order valence-electron chi connectivity index (χ1n) is 7.18. The van der Waals surface area contributed by atoms with Crippen LogP contribution in [0.4, 0.5) is 0 Å². The van der Waals surface area contributed by atoms with Gasteiger partial charge in [0.25, 0.3) is 0 Å². The van der Waals surface area contributed by atoms with Gasteiger partial charge in [-0.3, -0.25) is 0 Å². The quantitative estimate of drug-likeness (QED) is 0.609. The molecule has 0 spiro atoms. The fourth-order valence-electron chi connectivity index (χ4n) is 2.61. The molecule has 4 heteroatoms. The lowest BCUT2D eigenvalue weighted by molar-refractivity contribution is -0.0859. The summed E-state index contributed by atoms with van der Waals surface area (Å²) in [4.78, 5) is 0. The van der Waals surface area contributed by atoms with E-state index in [4.69, 9.17) is 14.2 Å². The van der Waals surface area contributed by atoms with Crippen molar-refractivity contribution in [2.24, 2.45) is 0 Å². The molecule has 1 N–H and O–H groups in total. The van der Waals surface area contributed by atoms with Crippen molar-refractivity contribution < 1.29 is 14.2 Å². The summed E-state index contributed by atoms with van der Waals surface area (Å²) >= 11 is 0. The van der Waals surface area contributed by atoms with Crippen LogP contribution in [0.2, 0.25) is 0 Å². The molecular formula is C14H29NO3. The number of hydrogen-bond acceptors (Lipinski definition) is 4.